The highest BCUT2D eigenvalue weighted by molar-refractivity contribution is 7.99. The molecule has 0 spiro atoms. The molecule has 0 saturated heterocycles. The molecule has 1 amide bonds. The minimum absolute atomic E-state index is 0.0150. The molecule has 1 aromatic heterocycles. The maximum Gasteiger partial charge on any atom is 0.230 e. The molecule has 0 aliphatic rings. The number of rotatable bonds is 7. The summed E-state index contributed by atoms with van der Waals surface area (Å²) in [5.41, 5.74) is -0.0435. The number of thioether (sulfide) groups is 1. The molecule has 0 fully saturated rings. The average molecular weight is 299 g/mol. The second-order valence-corrected chi connectivity index (χ2v) is 6.67. The number of hydrogen-bond acceptors (Lipinski definition) is 4. The van der Waals surface area contributed by atoms with Crippen LogP contribution < -0.4 is 5.32 Å². The van der Waals surface area contributed by atoms with Crippen molar-refractivity contribution in [1.29, 1.82) is 0 Å². The van der Waals surface area contributed by atoms with Crippen molar-refractivity contribution in [2.75, 3.05) is 12.4 Å². The van der Waals surface area contributed by atoms with Crippen LogP contribution in [-0.4, -0.2) is 39.0 Å². The minimum Gasteiger partial charge on any atom is -0.396 e. The molecule has 0 saturated carbocycles. The Labute approximate surface area is 125 Å². The average Bonchev–Trinajstić information content (AvgIpc) is 2.84. The Morgan fingerprint density at radius 2 is 2.25 bits per heavy atom. The molecule has 1 rings (SSSR count). The summed E-state index contributed by atoms with van der Waals surface area (Å²) in [5, 5.41) is 12.7. The number of nitrogens with zero attached hydrogens (tertiary/aromatic N) is 2. The Kier molecular flexibility index (Phi) is 6.55. The molecule has 2 N–H and O–H groups in total. The summed E-state index contributed by atoms with van der Waals surface area (Å²) in [4.78, 5) is 16.2. The Morgan fingerprint density at radius 1 is 1.55 bits per heavy atom. The molecule has 0 radical (unpaired) electrons. The SMILES string of the molecule is CCC(CCO)NC(=O)CSc1nccn1C(C)(C)C. The van der Waals surface area contributed by atoms with Crippen LogP contribution >= 0.6 is 11.8 Å². The van der Waals surface area contributed by atoms with Gasteiger partial charge in [0.05, 0.1) is 5.75 Å². The summed E-state index contributed by atoms with van der Waals surface area (Å²) >= 11 is 1.44. The van der Waals surface area contributed by atoms with Crippen molar-refractivity contribution in [3.8, 4) is 0 Å². The number of carbonyl (C=O) groups is 1. The molecule has 0 aliphatic carbocycles. The lowest BCUT2D eigenvalue weighted by Gasteiger charge is -2.23. The number of aliphatic hydroxyl groups excluding tert-OH is 1. The van der Waals surface area contributed by atoms with Gasteiger partial charge in [0, 0.05) is 30.6 Å². The number of hydrogen-bond donors (Lipinski definition) is 2. The number of carbonyl (C=O) groups excluding carboxylic acids is 1. The third kappa shape index (κ3) is 5.17. The quantitative estimate of drug-likeness (QED) is 0.756. The van der Waals surface area contributed by atoms with Gasteiger partial charge in [-0.2, -0.15) is 0 Å². The Balaban J connectivity index is 2.51. The topological polar surface area (TPSA) is 67.2 Å². The smallest absolute Gasteiger partial charge is 0.230 e. The molecule has 6 heteroatoms. The number of aliphatic hydroxyl groups is 1. The van der Waals surface area contributed by atoms with Gasteiger partial charge in [-0.15, -0.1) is 0 Å². The van der Waals surface area contributed by atoms with Crippen LogP contribution in [0.1, 0.15) is 40.5 Å². The van der Waals surface area contributed by atoms with E-state index in [-0.39, 0.29) is 24.1 Å². The lowest BCUT2D eigenvalue weighted by Crippen LogP contribution is -2.36. The van der Waals surface area contributed by atoms with E-state index in [9.17, 15) is 4.79 Å². The molecule has 1 atom stereocenters. The van der Waals surface area contributed by atoms with Crippen molar-refractivity contribution in [1.82, 2.24) is 14.9 Å². The van der Waals surface area contributed by atoms with Crippen LogP contribution in [0.2, 0.25) is 0 Å². The molecule has 1 aromatic rings. The maximum absolute atomic E-state index is 11.9. The third-order valence-corrected chi connectivity index (χ3v) is 3.96. The largest absolute Gasteiger partial charge is 0.396 e. The molecule has 1 unspecified atom stereocenters. The molecular weight excluding hydrogens is 274 g/mol. The van der Waals surface area contributed by atoms with Gasteiger partial charge in [0.2, 0.25) is 5.91 Å². The van der Waals surface area contributed by atoms with E-state index < -0.39 is 0 Å². The number of aromatic nitrogens is 2. The molecule has 0 aromatic carbocycles. The predicted octanol–water partition coefficient (Wildman–Crippen LogP) is 2.01. The fourth-order valence-corrected chi connectivity index (χ4v) is 2.79. The van der Waals surface area contributed by atoms with E-state index in [0.29, 0.717) is 12.2 Å². The van der Waals surface area contributed by atoms with Gasteiger partial charge < -0.3 is 15.0 Å². The zero-order valence-corrected chi connectivity index (χ0v) is 13.5. The van der Waals surface area contributed by atoms with Crippen molar-refractivity contribution in [3.05, 3.63) is 12.4 Å². The molecule has 0 bridgehead atoms. The van der Waals surface area contributed by atoms with Gasteiger partial charge in [0.25, 0.3) is 0 Å². The standard InChI is InChI=1S/C14H25N3O2S/c1-5-11(6-9-18)16-12(19)10-20-13-15-7-8-17(13)14(2,3)4/h7-8,11,18H,5-6,9-10H2,1-4H3,(H,16,19). The van der Waals surface area contributed by atoms with Gasteiger partial charge in [0.1, 0.15) is 0 Å². The lowest BCUT2D eigenvalue weighted by atomic mass is 10.1. The highest BCUT2D eigenvalue weighted by Gasteiger charge is 2.18. The van der Waals surface area contributed by atoms with Crippen molar-refractivity contribution in [3.63, 3.8) is 0 Å². The highest BCUT2D eigenvalue weighted by Crippen LogP contribution is 2.23. The first-order valence-electron chi connectivity index (χ1n) is 6.95. The molecular formula is C14H25N3O2S. The highest BCUT2D eigenvalue weighted by atomic mass is 32.2. The van der Waals surface area contributed by atoms with Gasteiger partial charge in [0.15, 0.2) is 5.16 Å². The van der Waals surface area contributed by atoms with Crippen LogP contribution in [0.3, 0.4) is 0 Å². The first-order chi connectivity index (χ1) is 9.38. The van der Waals surface area contributed by atoms with Crippen LogP contribution in [0.15, 0.2) is 17.6 Å². The fraction of sp³-hybridized carbons (Fsp3) is 0.714. The molecule has 5 nitrogen and oxygen atoms in total. The zero-order valence-electron chi connectivity index (χ0n) is 12.7. The van der Waals surface area contributed by atoms with Crippen molar-refractivity contribution in [2.24, 2.45) is 0 Å². The van der Waals surface area contributed by atoms with Crippen molar-refractivity contribution < 1.29 is 9.90 Å². The first kappa shape index (κ1) is 17.0. The molecule has 1 heterocycles. The Bertz CT molecular complexity index is 426. The number of imidazole rings is 1. The van der Waals surface area contributed by atoms with Crippen molar-refractivity contribution >= 4 is 17.7 Å². The van der Waals surface area contributed by atoms with Crippen LogP contribution in [0, 0.1) is 0 Å². The summed E-state index contributed by atoms with van der Waals surface area (Å²) in [6.07, 6.45) is 5.12. The third-order valence-electron chi connectivity index (χ3n) is 3.00. The van der Waals surface area contributed by atoms with E-state index >= 15 is 0 Å². The van der Waals surface area contributed by atoms with Gasteiger partial charge in [-0.1, -0.05) is 18.7 Å². The van der Waals surface area contributed by atoms with E-state index in [2.05, 4.69) is 35.6 Å². The van der Waals surface area contributed by atoms with E-state index in [1.165, 1.54) is 11.8 Å². The summed E-state index contributed by atoms with van der Waals surface area (Å²) in [7, 11) is 0. The lowest BCUT2D eigenvalue weighted by molar-refractivity contribution is -0.119. The summed E-state index contributed by atoms with van der Waals surface area (Å²) in [5.74, 6) is 0.327. The van der Waals surface area contributed by atoms with Crippen LogP contribution in [0.25, 0.3) is 0 Å². The second kappa shape index (κ2) is 7.69. The van der Waals surface area contributed by atoms with E-state index in [1.807, 2.05) is 13.1 Å². The van der Waals surface area contributed by atoms with Gasteiger partial charge in [-0.3, -0.25) is 4.79 Å². The molecule has 114 valence electrons. The van der Waals surface area contributed by atoms with Gasteiger partial charge in [-0.25, -0.2) is 4.98 Å². The van der Waals surface area contributed by atoms with Crippen LogP contribution in [0.4, 0.5) is 0 Å². The predicted molar refractivity (Wildman–Crippen MR) is 81.9 cm³/mol. The Morgan fingerprint density at radius 3 is 2.80 bits per heavy atom. The maximum atomic E-state index is 11.9. The van der Waals surface area contributed by atoms with Gasteiger partial charge in [-0.05, 0) is 33.6 Å². The van der Waals surface area contributed by atoms with E-state index in [4.69, 9.17) is 5.11 Å². The number of nitrogens with one attached hydrogen (secondary N) is 1. The summed E-state index contributed by atoms with van der Waals surface area (Å²) in [6, 6.07) is 0.0514. The molecule has 20 heavy (non-hydrogen) atoms. The Hall–Kier alpha value is -1.01. The summed E-state index contributed by atoms with van der Waals surface area (Å²) in [6.45, 7) is 8.41. The van der Waals surface area contributed by atoms with Crippen LogP contribution in [-0.2, 0) is 10.3 Å². The zero-order chi connectivity index (χ0) is 15.2. The van der Waals surface area contributed by atoms with Crippen LogP contribution in [0.5, 0.6) is 0 Å². The fourth-order valence-electron chi connectivity index (χ4n) is 1.84. The normalized spacial score (nSPS) is 13.2. The summed E-state index contributed by atoms with van der Waals surface area (Å²) < 4.78 is 2.07. The van der Waals surface area contributed by atoms with E-state index in [0.717, 1.165) is 11.6 Å². The molecule has 0 aliphatic heterocycles. The minimum atomic E-state index is -0.0435. The second-order valence-electron chi connectivity index (χ2n) is 5.72. The van der Waals surface area contributed by atoms with Crippen molar-refractivity contribution in [2.45, 2.75) is 57.3 Å². The van der Waals surface area contributed by atoms with E-state index in [1.54, 1.807) is 6.20 Å². The number of amides is 1. The van der Waals surface area contributed by atoms with Gasteiger partial charge >= 0.3 is 0 Å². The first-order valence-corrected chi connectivity index (χ1v) is 7.94. The monoisotopic (exact) mass is 299 g/mol.